The van der Waals surface area contributed by atoms with E-state index in [4.69, 9.17) is 5.11 Å². The molecule has 8 heteroatoms. The molecule has 0 spiro atoms. The summed E-state index contributed by atoms with van der Waals surface area (Å²) in [5.74, 6) is 0. The Morgan fingerprint density at radius 1 is 1.00 bits per heavy atom. The molecule has 0 amide bonds. The molecule has 0 radical (unpaired) electrons. The SMILES string of the molecule is OC[C@@H](O)c1cccc(-c2ccc3nn(Cc4ccc(C(F)(F)F)cc4)cc3c2)n1. The highest BCUT2D eigenvalue weighted by atomic mass is 19.4. The third-order valence-electron chi connectivity index (χ3n) is 4.76. The summed E-state index contributed by atoms with van der Waals surface area (Å²) in [7, 11) is 0. The van der Waals surface area contributed by atoms with Crippen molar-refractivity contribution in [3.8, 4) is 11.3 Å². The third-order valence-corrected chi connectivity index (χ3v) is 4.76. The van der Waals surface area contributed by atoms with E-state index >= 15 is 0 Å². The number of halogens is 3. The number of benzene rings is 2. The number of hydrogen-bond donors (Lipinski definition) is 2. The lowest BCUT2D eigenvalue weighted by Crippen LogP contribution is -2.05. The average Bonchev–Trinajstić information content (AvgIpc) is 3.14. The van der Waals surface area contributed by atoms with Gasteiger partial charge in [0.1, 0.15) is 6.10 Å². The van der Waals surface area contributed by atoms with Crippen LogP contribution in [0.25, 0.3) is 22.2 Å². The molecule has 2 N–H and O–H groups in total. The quantitative estimate of drug-likeness (QED) is 0.515. The second kappa shape index (κ2) is 7.89. The lowest BCUT2D eigenvalue weighted by atomic mass is 10.1. The molecular weight excluding hydrogens is 395 g/mol. The highest BCUT2D eigenvalue weighted by Crippen LogP contribution is 2.29. The van der Waals surface area contributed by atoms with Crippen molar-refractivity contribution in [2.45, 2.75) is 18.8 Å². The van der Waals surface area contributed by atoms with Crippen LogP contribution in [0.3, 0.4) is 0 Å². The Morgan fingerprint density at radius 3 is 2.47 bits per heavy atom. The number of aromatic nitrogens is 3. The van der Waals surface area contributed by atoms with Crippen LogP contribution in [0.5, 0.6) is 0 Å². The first-order valence-corrected chi connectivity index (χ1v) is 9.23. The molecule has 5 nitrogen and oxygen atoms in total. The summed E-state index contributed by atoms with van der Waals surface area (Å²) in [4.78, 5) is 4.39. The topological polar surface area (TPSA) is 71.2 Å². The van der Waals surface area contributed by atoms with E-state index < -0.39 is 24.5 Å². The van der Waals surface area contributed by atoms with E-state index in [-0.39, 0.29) is 0 Å². The summed E-state index contributed by atoms with van der Waals surface area (Å²) in [6.45, 7) is -0.0647. The van der Waals surface area contributed by atoms with Crippen LogP contribution in [0, 0.1) is 0 Å². The van der Waals surface area contributed by atoms with Crippen molar-refractivity contribution in [1.82, 2.24) is 14.8 Å². The number of hydrogen-bond acceptors (Lipinski definition) is 4. The molecule has 0 aliphatic rings. The van der Waals surface area contributed by atoms with E-state index in [1.54, 1.807) is 22.9 Å². The summed E-state index contributed by atoms with van der Waals surface area (Å²) < 4.78 is 39.8. The Morgan fingerprint density at radius 2 is 1.77 bits per heavy atom. The average molecular weight is 413 g/mol. The Hall–Kier alpha value is -3.23. The van der Waals surface area contributed by atoms with Crippen molar-refractivity contribution < 1.29 is 23.4 Å². The van der Waals surface area contributed by atoms with E-state index in [9.17, 15) is 18.3 Å². The predicted octanol–water partition coefficient (Wildman–Crippen LogP) is 4.19. The molecule has 0 saturated carbocycles. The van der Waals surface area contributed by atoms with Gasteiger partial charge in [-0.25, -0.2) is 4.98 Å². The van der Waals surface area contributed by atoms with Gasteiger partial charge in [0.15, 0.2) is 0 Å². The van der Waals surface area contributed by atoms with Crippen molar-refractivity contribution in [1.29, 1.82) is 0 Å². The zero-order valence-electron chi connectivity index (χ0n) is 15.7. The summed E-state index contributed by atoms with van der Waals surface area (Å²) in [6, 6.07) is 15.8. The van der Waals surface area contributed by atoms with E-state index in [1.165, 1.54) is 12.1 Å². The van der Waals surface area contributed by atoms with Gasteiger partial charge in [-0.1, -0.05) is 24.3 Å². The summed E-state index contributed by atoms with van der Waals surface area (Å²) >= 11 is 0. The number of nitrogens with zero attached hydrogens (tertiary/aromatic N) is 3. The van der Waals surface area contributed by atoms with Gasteiger partial charge in [0.2, 0.25) is 0 Å². The van der Waals surface area contributed by atoms with Gasteiger partial charge in [0, 0.05) is 17.1 Å². The van der Waals surface area contributed by atoms with Crippen LogP contribution in [0.15, 0.2) is 66.9 Å². The van der Waals surface area contributed by atoms with Gasteiger partial charge in [-0.05, 0) is 42.0 Å². The van der Waals surface area contributed by atoms with Crippen LogP contribution in [-0.4, -0.2) is 31.6 Å². The van der Waals surface area contributed by atoms with Gasteiger partial charge in [-0.15, -0.1) is 0 Å². The minimum absolute atomic E-state index is 0.346. The number of aliphatic hydroxyl groups is 2. The van der Waals surface area contributed by atoms with Crippen LogP contribution >= 0.6 is 0 Å². The molecule has 0 saturated heterocycles. The molecule has 0 bridgehead atoms. The van der Waals surface area contributed by atoms with Crippen molar-refractivity contribution in [3.63, 3.8) is 0 Å². The highest BCUT2D eigenvalue weighted by Gasteiger charge is 2.29. The predicted molar refractivity (Wildman–Crippen MR) is 106 cm³/mol. The maximum Gasteiger partial charge on any atom is 0.416 e. The van der Waals surface area contributed by atoms with Crippen LogP contribution < -0.4 is 0 Å². The van der Waals surface area contributed by atoms with Crippen LogP contribution in [0.2, 0.25) is 0 Å². The summed E-state index contributed by atoms with van der Waals surface area (Å²) in [5.41, 5.74) is 2.64. The van der Waals surface area contributed by atoms with E-state index in [2.05, 4.69) is 10.1 Å². The molecule has 2 aromatic carbocycles. The van der Waals surface area contributed by atoms with Gasteiger partial charge >= 0.3 is 6.18 Å². The Labute approximate surface area is 170 Å². The first-order valence-electron chi connectivity index (χ1n) is 9.23. The fourth-order valence-corrected chi connectivity index (χ4v) is 3.19. The maximum absolute atomic E-state index is 12.7. The molecule has 0 fully saturated rings. The zero-order valence-corrected chi connectivity index (χ0v) is 15.7. The number of alkyl halides is 3. The zero-order chi connectivity index (χ0) is 21.3. The number of pyridine rings is 1. The van der Waals surface area contributed by atoms with E-state index in [0.29, 0.717) is 23.5 Å². The van der Waals surface area contributed by atoms with Gasteiger partial charge in [0.05, 0.1) is 35.6 Å². The van der Waals surface area contributed by atoms with Crippen molar-refractivity contribution in [2.24, 2.45) is 0 Å². The molecule has 154 valence electrons. The fourth-order valence-electron chi connectivity index (χ4n) is 3.19. The molecule has 2 heterocycles. The molecule has 2 aromatic heterocycles. The normalized spacial score (nSPS) is 13.0. The largest absolute Gasteiger partial charge is 0.416 e. The molecule has 30 heavy (non-hydrogen) atoms. The maximum atomic E-state index is 12.7. The highest BCUT2D eigenvalue weighted by molar-refractivity contribution is 5.83. The first-order chi connectivity index (χ1) is 14.3. The first kappa shape index (κ1) is 20.1. The molecule has 4 aromatic rings. The minimum atomic E-state index is -4.35. The van der Waals surface area contributed by atoms with Crippen LogP contribution in [-0.2, 0) is 12.7 Å². The molecule has 0 aliphatic carbocycles. The number of rotatable bonds is 5. The van der Waals surface area contributed by atoms with Gasteiger partial charge < -0.3 is 10.2 Å². The number of aliphatic hydroxyl groups excluding tert-OH is 2. The molecule has 1 atom stereocenters. The minimum Gasteiger partial charge on any atom is -0.393 e. The van der Waals surface area contributed by atoms with Gasteiger partial charge in [-0.3, -0.25) is 4.68 Å². The molecule has 4 rings (SSSR count). The Bertz CT molecular complexity index is 1170. The molecular formula is C22H18F3N3O2. The summed E-state index contributed by atoms with van der Waals surface area (Å²) in [5, 5.41) is 24.2. The second-order valence-corrected chi connectivity index (χ2v) is 6.94. The van der Waals surface area contributed by atoms with Crippen LogP contribution in [0.1, 0.15) is 22.9 Å². The standard InChI is InChI=1S/C22H18F3N3O2/c23-22(24,25)17-7-4-14(5-8-17)11-28-12-16-10-15(6-9-19(16)27-28)18-2-1-3-20(26-18)21(30)13-29/h1-10,12,21,29-30H,11,13H2/t21-/m1/s1. The molecule has 0 unspecified atom stereocenters. The fraction of sp³-hybridized carbons (Fsp3) is 0.182. The third kappa shape index (κ3) is 4.19. The van der Waals surface area contributed by atoms with E-state index in [0.717, 1.165) is 28.6 Å². The lowest BCUT2D eigenvalue weighted by molar-refractivity contribution is -0.137. The second-order valence-electron chi connectivity index (χ2n) is 6.94. The smallest absolute Gasteiger partial charge is 0.393 e. The lowest BCUT2D eigenvalue weighted by Gasteiger charge is -2.08. The van der Waals surface area contributed by atoms with Crippen molar-refractivity contribution in [3.05, 3.63) is 83.7 Å². The van der Waals surface area contributed by atoms with Crippen LogP contribution in [0.4, 0.5) is 13.2 Å². The van der Waals surface area contributed by atoms with Gasteiger partial charge in [0.25, 0.3) is 0 Å². The Balaban J connectivity index is 1.58. The molecule has 0 aliphatic heterocycles. The van der Waals surface area contributed by atoms with Crippen molar-refractivity contribution >= 4 is 10.9 Å². The van der Waals surface area contributed by atoms with Gasteiger partial charge in [-0.2, -0.15) is 18.3 Å². The van der Waals surface area contributed by atoms with E-state index in [1.807, 2.05) is 24.4 Å². The number of fused-ring (bicyclic) bond motifs is 1. The Kier molecular flexibility index (Phi) is 5.27. The summed E-state index contributed by atoms with van der Waals surface area (Å²) in [6.07, 6.45) is -3.57. The van der Waals surface area contributed by atoms with Crippen molar-refractivity contribution in [2.75, 3.05) is 6.61 Å². The monoisotopic (exact) mass is 413 g/mol.